The second kappa shape index (κ2) is 4.50. The van der Waals surface area contributed by atoms with Gasteiger partial charge in [-0.3, -0.25) is 0 Å². The Bertz CT molecular complexity index is 847. The third-order valence-electron chi connectivity index (χ3n) is 4.18. The van der Waals surface area contributed by atoms with Crippen molar-refractivity contribution in [3.63, 3.8) is 0 Å². The largest absolute Gasteiger partial charge is 0.398 e. The Morgan fingerprint density at radius 2 is 2.05 bits per heavy atom. The summed E-state index contributed by atoms with van der Waals surface area (Å²) in [6, 6.07) is 12.5. The molecule has 0 radical (unpaired) electrons. The summed E-state index contributed by atoms with van der Waals surface area (Å²) in [5.41, 5.74) is 11.2. The molecular formula is C17H16ClN3. The van der Waals surface area contributed by atoms with Crippen molar-refractivity contribution in [1.29, 1.82) is 0 Å². The Labute approximate surface area is 128 Å². The van der Waals surface area contributed by atoms with Gasteiger partial charge in [0.25, 0.3) is 0 Å². The van der Waals surface area contributed by atoms with Crippen LogP contribution in [0.1, 0.15) is 24.4 Å². The molecule has 0 atom stereocenters. The van der Waals surface area contributed by atoms with E-state index in [2.05, 4.69) is 16.7 Å². The van der Waals surface area contributed by atoms with E-state index in [-0.39, 0.29) is 0 Å². The molecule has 3 nitrogen and oxygen atoms in total. The molecule has 3 aromatic rings. The number of aromatic nitrogens is 2. The van der Waals surface area contributed by atoms with Crippen LogP contribution in [0.25, 0.3) is 22.4 Å². The zero-order valence-corrected chi connectivity index (χ0v) is 12.6. The van der Waals surface area contributed by atoms with E-state index >= 15 is 0 Å². The van der Waals surface area contributed by atoms with Crippen LogP contribution in [0, 0.1) is 6.92 Å². The maximum absolute atomic E-state index is 6.11. The lowest BCUT2D eigenvalue weighted by Gasteiger charge is -2.11. The number of fused-ring (bicyclic) bond motifs is 1. The van der Waals surface area contributed by atoms with E-state index in [4.69, 9.17) is 22.3 Å². The summed E-state index contributed by atoms with van der Waals surface area (Å²) in [7, 11) is 0. The van der Waals surface area contributed by atoms with E-state index in [1.807, 2.05) is 31.2 Å². The summed E-state index contributed by atoms with van der Waals surface area (Å²) in [6.07, 6.45) is 2.42. The Balaban J connectivity index is 2.03. The number of nitrogen functional groups attached to an aromatic ring is 1. The van der Waals surface area contributed by atoms with Gasteiger partial charge in [0.15, 0.2) is 0 Å². The summed E-state index contributed by atoms with van der Waals surface area (Å²) in [6.45, 7) is 2.05. The molecule has 4 rings (SSSR count). The highest BCUT2D eigenvalue weighted by Gasteiger charge is 2.29. The fourth-order valence-corrected chi connectivity index (χ4v) is 3.03. The summed E-state index contributed by atoms with van der Waals surface area (Å²) in [5, 5.41) is 0.721. The van der Waals surface area contributed by atoms with E-state index in [1.165, 1.54) is 12.8 Å². The molecule has 0 unspecified atom stereocenters. The highest BCUT2D eigenvalue weighted by molar-refractivity contribution is 6.31. The van der Waals surface area contributed by atoms with Crippen molar-refractivity contribution in [2.75, 3.05) is 5.73 Å². The summed E-state index contributed by atoms with van der Waals surface area (Å²) in [5.74, 6) is 1.000. The molecule has 1 saturated carbocycles. The van der Waals surface area contributed by atoms with Crippen LogP contribution < -0.4 is 5.73 Å². The van der Waals surface area contributed by atoms with Gasteiger partial charge in [-0.15, -0.1) is 0 Å². The van der Waals surface area contributed by atoms with E-state index in [0.29, 0.717) is 6.04 Å². The zero-order chi connectivity index (χ0) is 14.6. The van der Waals surface area contributed by atoms with Gasteiger partial charge >= 0.3 is 0 Å². The number of nitrogens with two attached hydrogens (primary N) is 1. The average molecular weight is 298 g/mol. The van der Waals surface area contributed by atoms with E-state index in [1.54, 1.807) is 0 Å². The van der Waals surface area contributed by atoms with Crippen molar-refractivity contribution in [3.8, 4) is 11.4 Å². The maximum Gasteiger partial charge on any atom is 0.141 e. The average Bonchev–Trinajstić information content (AvgIpc) is 3.23. The molecule has 0 amide bonds. The number of anilines is 1. The smallest absolute Gasteiger partial charge is 0.141 e. The van der Waals surface area contributed by atoms with E-state index < -0.39 is 0 Å². The Morgan fingerprint density at radius 3 is 2.81 bits per heavy atom. The molecule has 1 aliphatic rings. The monoisotopic (exact) mass is 297 g/mol. The van der Waals surface area contributed by atoms with Crippen molar-refractivity contribution >= 4 is 28.3 Å². The second-order valence-electron chi connectivity index (χ2n) is 5.69. The standard InChI is InChI=1S/C17H16ClN3/c1-10-13(3-2-4-14(10)19)17-20-15-9-11(18)5-8-16(15)21(17)12-6-7-12/h2-5,8-9,12H,6-7,19H2,1H3. The van der Waals surface area contributed by atoms with Gasteiger partial charge in [0.1, 0.15) is 5.82 Å². The molecule has 21 heavy (non-hydrogen) atoms. The van der Waals surface area contributed by atoms with E-state index in [0.717, 1.165) is 38.7 Å². The number of nitrogens with zero attached hydrogens (tertiary/aromatic N) is 2. The number of hydrogen-bond donors (Lipinski definition) is 1. The van der Waals surface area contributed by atoms with Gasteiger partial charge in [-0.2, -0.15) is 0 Å². The first-order valence-corrected chi connectivity index (χ1v) is 7.56. The first kappa shape index (κ1) is 12.7. The van der Waals surface area contributed by atoms with Crippen LogP contribution in [0.15, 0.2) is 36.4 Å². The predicted octanol–water partition coefficient (Wildman–Crippen LogP) is 4.58. The number of rotatable bonds is 2. The molecule has 0 bridgehead atoms. The normalized spacial score (nSPS) is 14.8. The molecule has 1 aliphatic carbocycles. The number of halogens is 1. The van der Waals surface area contributed by atoms with Crippen LogP contribution in [0.3, 0.4) is 0 Å². The molecule has 0 saturated heterocycles. The molecule has 1 fully saturated rings. The number of benzene rings is 2. The van der Waals surface area contributed by atoms with Crippen LogP contribution in [0.4, 0.5) is 5.69 Å². The highest BCUT2D eigenvalue weighted by Crippen LogP contribution is 2.42. The first-order valence-electron chi connectivity index (χ1n) is 7.18. The summed E-state index contributed by atoms with van der Waals surface area (Å²) < 4.78 is 2.34. The minimum Gasteiger partial charge on any atom is -0.398 e. The van der Waals surface area contributed by atoms with Crippen molar-refractivity contribution in [2.24, 2.45) is 0 Å². The Morgan fingerprint density at radius 1 is 1.24 bits per heavy atom. The van der Waals surface area contributed by atoms with Gasteiger partial charge in [0.2, 0.25) is 0 Å². The van der Waals surface area contributed by atoms with Crippen molar-refractivity contribution in [3.05, 3.63) is 47.0 Å². The van der Waals surface area contributed by atoms with Crippen LogP contribution >= 0.6 is 11.6 Å². The Kier molecular flexibility index (Phi) is 2.73. The number of hydrogen-bond acceptors (Lipinski definition) is 2. The molecule has 1 heterocycles. The predicted molar refractivity (Wildman–Crippen MR) is 87.6 cm³/mol. The fraction of sp³-hybridized carbons (Fsp3) is 0.235. The first-order chi connectivity index (χ1) is 10.1. The van der Waals surface area contributed by atoms with Gasteiger partial charge in [-0.05, 0) is 49.6 Å². The lowest BCUT2D eigenvalue weighted by Crippen LogP contribution is -2.00. The topological polar surface area (TPSA) is 43.8 Å². The summed E-state index contributed by atoms with van der Waals surface area (Å²) in [4.78, 5) is 4.83. The van der Waals surface area contributed by atoms with Crippen LogP contribution in [-0.4, -0.2) is 9.55 Å². The number of imidazole rings is 1. The molecular weight excluding hydrogens is 282 g/mol. The summed E-state index contributed by atoms with van der Waals surface area (Å²) >= 11 is 6.11. The van der Waals surface area contributed by atoms with Gasteiger partial charge in [-0.1, -0.05) is 23.7 Å². The minimum absolute atomic E-state index is 0.548. The Hall–Kier alpha value is -2.00. The molecule has 2 N–H and O–H groups in total. The third kappa shape index (κ3) is 2.00. The quantitative estimate of drug-likeness (QED) is 0.703. The van der Waals surface area contributed by atoms with Crippen LogP contribution in [0.2, 0.25) is 5.02 Å². The lowest BCUT2D eigenvalue weighted by molar-refractivity contribution is 0.775. The zero-order valence-electron chi connectivity index (χ0n) is 11.8. The van der Waals surface area contributed by atoms with Crippen LogP contribution in [-0.2, 0) is 0 Å². The minimum atomic E-state index is 0.548. The molecule has 1 aromatic heterocycles. The van der Waals surface area contributed by atoms with Gasteiger partial charge in [0.05, 0.1) is 11.0 Å². The van der Waals surface area contributed by atoms with E-state index in [9.17, 15) is 0 Å². The highest BCUT2D eigenvalue weighted by atomic mass is 35.5. The molecule has 2 aromatic carbocycles. The maximum atomic E-state index is 6.11. The molecule has 4 heteroatoms. The van der Waals surface area contributed by atoms with Crippen LogP contribution in [0.5, 0.6) is 0 Å². The van der Waals surface area contributed by atoms with Gasteiger partial charge < -0.3 is 10.3 Å². The molecule has 0 spiro atoms. The SMILES string of the molecule is Cc1c(N)cccc1-c1nc2cc(Cl)ccc2n1C1CC1. The van der Waals surface area contributed by atoms with Crippen molar-refractivity contribution in [2.45, 2.75) is 25.8 Å². The molecule has 106 valence electrons. The fourth-order valence-electron chi connectivity index (χ4n) is 2.86. The van der Waals surface area contributed by atoms with Gasteiger partial charge in [-0.25, -0.2) is 4.98 Å². The molecule has 0 aliphatic heterocycles. The van der Waals surface area contributed by atoms with Gasteiger partial charge in [0, 0.05) is 22.3 Å². The van der Waals surface area contributed by atoms with Crippen molar-refractivity contribution < 1.29 is 0 Å². The third-order valence-corrected chi connectivity index (χ3v) is 4.42. The van der Waals surface area contributed by atoms with Crippen molar-refractivity contribution in [1.82, 2.24) is 9.55 Å². The second-order valence-corrected chi connectivity index (χ2v) is 6.13. The lowest BCUT2D eigenvalue weighted by atomic mass is 10.1.